The number of carbonyl (C=O) groups excluding carboxylic acids is 2. The van der Waals surface area contributed by atoms with E-state index < -0.39 is 5.97 Å². The van der Waals surface area contributed by atoms with Crippen LogP contribution in [-0.4, -0.2) is 120 Å². The Kier molecular flexibility index (Phi) is 12.3. The van der Waals surface area contributed by atoms with E-state index in [9.17, 15) is 14.4 Å². The Morgan fingerprint density at radius 3 is 2.31 bits per heavy atom. The Hall–Kier alpha value is -2.88. The second kappa shape index (κ2) is 16.2. The van der Waals surface area contributed by atoms with Gasteiger partial charge in [0.25, 0.3) is 5.91 Å². The fourth-order valence-corrected chi connectivity index (χ4v) is 8.93. The van der Waals surface area contributed by atoms with E-state index in [1.54, 1.807) is 11.0 Å². The number of likely N-dealkylation sites (N-methyl/N-ethyl adjacent to an activating group) is 1. The van der Waals surface area contributed by atoms with Crippen molar-refractivity contribution in [1.29, 1.82) is 0 Å². The number of carboxylic acids is 1. The third-order valence-corrected chi connectivity index (χ3v) is 11.6. The van der Waals surface area contributed by atoms with Crippen LogP contribution in [0.2, 0.25) is 10.0 Å². The molecule has 12 nitrogen and oxygen atoms in total. The molecular weight excluding hydrogens is 719 g/mol. The van der Waals surface area contributed by atoms with Gasteiger partial charge in [-0.25, -0.2) is 14.8 Å². The lowest BCUT2D eigenvalue weighted by Crippen LogP contribution is -2.53. The summed E-state index contributed by atoms with van der Waals surface area (Å²) < 4.78 is 0. The Labute approximate surface area is 304 Å². The number of hydrogen-bond donors (Lipinski definition) is 2. The monoisotopic (exact) mass is 756 g/mol. The number of thiophene rings is 1. The molecule has 0 bridgehead atoms. The number of halogens is 3. The predicted octanol–water partition coefficient (Wildman–Crippen LogP) is 5.96. The fraction of sp³-hybridized carbons (Fsp3) is 0.516. The van der Waals surface area contributed by atoms with Gasteiger partial charge in [-0.05, 0) is 25.0 Å². The minimum absolute atomic E-state index is 0. The number of carbonyl (C=O) groups is 3. The van der Waals surface area contributed by atoms with E-state index in [-0.39, 0.29) is 30.9 Å². The van der Waals surface area contributed by atoms with Gasteiger partial charge in [0.05, 0.1) is 20.5 Å². The molecule has 0 radical (unpaired) electrons. The molecule has 3 aliphatic rings. The maximum absolute atomic E-state index is 13.4. The van der Waals surface area contributed by atoms with Crippen LogP contribution in [0, 0.1) is 0 Å². The van der Waals surface area contributed by atoms with E-state index in [2.05, 4.69) is 20.1 Å². The van der Waals surface area contributed by atoms with Gasteiger partial charge >= 0.3 is 12.0 Å². The number of rotatable bonds is 8. The largest absolute Gasteiger partial charge is 0.480 e. The van der Waals surface area contributed by atoms with Crippen LogP contribution in [-0.2, 0) is 4.79 Å². The molecule has 6 rings (SSSR count). The number of aromatic nitrogens is 2. The number of nitrogens with one attached hydrogen (secondary N) is 1. The summed E-state index contributed by atoms with van der Waals surface area (Å²) in [5.41, 5.74) is 1.13. The molecule has 3 fully saturated rings. The Bertz CT molecular complexity index is 1600. The number of hydrogen-bond acceptors (Lipinski definition) is 10. The Morgan fingerprint density at radius 2 is 1.69 bits per heavy atom. The summed E-state index contributed by atoms with van der Waals surface area (Å²) in [6.45, 7) is 5.19. The van der Waals surface area contributed by atoms with E-state index in [4.69, 9.17) is 33.3 Å². The van der Waals surface area contributed by atoms with Gasteiger partial charge in [0, 0.05) is 77.0 Å². The fourth-order valence-electron chi connectivity index (χ4n) is 6.49. The van der Waals surface area contributed by atoms with Gasteiger partial charge in [-0.15, -0.1) is 23.7 Å². The van der Waals surface area contributed by atoms with Crippen LogP contribution >= 0.6 is 58.3 Å². The van der Waals surface area contributed by atoms with Gasteiger partial charge in [-0.2, -0.15) is 0 Å². The van der Waals surface area contributed by atoms with E-state index in [0.717, 1.165) is 41.8 Å². The molecule has 0 spiro atoms. The van der Waals surface area contributed by atoms with Gasteiger partial charge in [0.15, 0.2) is 5.13 Å². The summed E-state index contributed by atoms with van der Waals surface area (Å²) in [7, 11) is 1.47. The number of pyridine rings is 1. The second-order valence-electron chi connectivity index (χ2n) is 12.1. The van der Waals surface area contributed by atoms with Crippen LogP contribution in [0.5, 0.6) is 0 Å². The van der Waals surface area contributed by atoms with Crippen molar-refractivity contribution in [2.75, 3.05) is 81.1 Å². The smallest absolute Gasteiger partial charge is 0.323 e. The number of urea groups is 1. The van der Waals surface area contributed by atoms with Crippen molar-refractivity contribution in [2.24, 2.45) is 0 Å². The van der Waals surface area contributed by atoms with E-state index in [0.29, 0.717) is 58.8 Å². The second-order valence-corrected chi connectivity index (χ2v) is 14.8. The predicted molar refractivity (Wildman–Crippen MR) is 195 cm³/mol. The Morgan fingerprint density at radius 1 is 1.00 bits per heavy atom. The van der Waals surface area contributed by atoms with Crippen molar-refractivity contribution in [3.63, 3.8) is 0 Å². The van der Waals surface area contributed by atoms with E-state index in [1.807, 2.05) is 16.3 Å². The summed E-state index contributed by atoms with van der Waals surface area (Å²) in [5, 5.41) is 16.3. The van der Waals surface area contributed by atoms with Gasteiger partial charge < -0.3 is 24.7 Å². The van der Waals surface area contributed by atoms with Gasteiger partial charge in [0.2, 0.25) is 0 Å². The lowest BCUT2D eigenvalue weighted by atomic mass is 9.94. The highest BCUT2D eigenvalue weighted by Gasteiger charge is 2.29. The minimum atomic E-state index is -1.06. The van der Waals surface area contributed by atoms with Crippen LogP contribution in [0.3, 0.4) is 0 Å². The van der Waals surface area contributed by atoms with Crippen molar-refractivity contribution < 1.29 is 19.5 Å². The summed E-state index contributed by atoms with van der Waals surface area (Å²) in [4.78, 5) is 57.0. The molecule has 3 aromatic heterocycles. The van der Waals surface area contributed by atoms with Gasteiger partial charge in [-0.3, -0.25) is 19.8 Å². The first-order chi connectivity index (χ1) is 22.7. The number of piperazine rings is 2. The highest BCUT2D eigenvalue weighted by molar-refractivity contribution is 7.21. The maximum Gasteiger partial charge on any atom is 0.323 e. The number of aliphatic carboxylic acids is 1. The van der Waals surface area contributed by atoms with Crippen molar-refractivity contribution in [1.82, 2.24) is 24.7 Å². The minimum Gasteiger partial charge on any atom is -0.480 e. The van der Waals surface area contributed by atoms with Crippen LogP contribution in [0.1, 0.15) is 42.5 Å². The zero-order valence-electron chi connectivity index (χ0n) is 26.6. The summed E-state index contributed by atoms with van der Waals surface area (Å²) in [6, 6.07) is 3.86. The maximum atomic E-state index is 13.4. The summed E-state index contributed by atoms with van der Waals surface area (Å²) >= 11 is 15.9. The normalized spacial score (nSPS) is 17.6. The van der Waals surface area contributed by atoms with Crippen molar-refractivity contribution in [2.45, 2.75) is 38.1 Å². The van der Waals surface area contributed by atoms with Crippen LogP contribution in [0.25, 0.3) is 10.6 Å². The third kappa shape index (κ3) is 8.45. The number of amides is 3. The molecule has 0 atom stereocenters. The topological polar surface area (TPSA) is 125 Å². The number of anilines is 3. The standard InChI is InChI=1S/C31H38Cl2N8O4S2.ClH/c1-37(18-25(42)43)31(45)41-13-9-39(10-14-41)27-23(33)15-20(17-34-27)28(44)36-30-35-26(24-16-21(32)19-46-24)29(47-30)40-11-7-38(8-12-40)22-5-3-2-4-6-22;/h15-17,19,22H,2-14,18H2,1H3,(H,42,43)(H,35,36,44);1H. The molecule has 48 heavy (non-hydrogen) atoms. The summed E-state index contributed by atoms with van der Waals surface area (Å²) in [5.74, 6) is -0.901. The number of thiazole rings is 1. The van der Waals surface area contributed by atoms with Crippen LogP contribution < -0.4 is 15.1 Å². The van der Waals surface area contributed by atoms with Gasteiger partial charge in [-0.1, -0.05) is 53.8 Å². The molecule has 2 saturated heterocycles. The highest BCUT2D eigenvalue weighted by atomic mass is 35.5. The molecule has 2 N–H and O–H groups in total. The van der Waals surface area contributed by atoms with Crippen LogP contribution in [0.15, 0.2) is 23.7 Å². The molecule has 3 amide bonds. The third-order valence-electron chi connectivity index (χ3n) is 8.96. The molecule has 260 valence electrons. The average molecular weight is 758 g/mol. The average Bonchev–Trinajstić information content (AvgIpc) is 3.70. The zero-order chi connectivity index (χ0) is 33.1. The lowest BCUT2D eigenvalue weighted by molar-refractivity contribution is -0.137. The SMILES string of the molecule is CN(CC(=O)O)C(=O)N1CCN(c2ncc(C(=O)Nc3nc(-c4cc(Cl)cs4)c(N4CCN(C5CCCCC5)CC4)s3)cc2Cl)CC1.Cl. The molecule has 0 unspecified atom stereocenters. The van der Waals surface area contributed by atoms with Crippen LogP contribution in [0.4, 0.5) is 20.7 Å². The van der Waals surface area contributed by atoms with Crippen molar-refractivity contribution in [3.8, 4) is 10.6 Å². The number of carboxylic acid groups (broad SMARTS) is 1. The van der Waals surface area contributed by atoms with Crippen molar-refractivity contribution in [3.05, 3.63) is 39.3 Å². The van der Waals surface area contributed by atoms with Gasteiger partial charge in [0.1, 0.15) is 23.1 Å². The first-order valence-corrected chi connectivity index (χ1v) is 18.3. The molecular formula is C31H39Cl3N8O4S2. The lowest BCUT2D eigenvalue weighted by Gasteiger charge is -2.41. The van der Waals surface area contributed by atoms with E-state index in [1.165, 1.54) is 72.9 Å². The zero-order valence-corrected chi connectivity index (χ0v) is 30.5. The molecule has 3 aromatic rings. The quantitative estimate of drug-likeness (QED) is 0.287. The highest BCUT2D eigenvalue weighted by Crippen LogP contribution is 2.42. The molecule has 0 aromatic carbocycles. The number of nitrogens with zero attached hydrogens (tertiary/aromatic N) is 7. The van der Waals surface area contributed by atoms with E-state index >= 15 is 0 Å². The van der Waals surface area contributed by atoms with Crippen molar-refractivity contribution >= 4 is 92.1 Å². The molecule has 5 heterocycles. The first kappa shape index (κ1) is 36.4. The molecule has 1 aliphatic carbocycles. The molecule has 1 saturated carbocycles. The molecule has 17 heteroatoms. The Balaban J connectivity index is 0.00000451. The molecule has 2 aliphatic heterocycles. The first-order valence-electron chi connectivity index (χ1n) is 15.8. The summed E-state index contributed by atoms with van der Waals surface area (Å²) in [6.07, 6.45) is 8.08.